The predicted molar refractivity (Wildman–Crippen MR) is 78.8 cm³/mol. The average molecular weight is 324 g/mol. The van der Waals surface area contributed by atoms with Crippen molar-refractivity contribution in [3.8, 4) is 0 Å². The summed E-state index contributed by atoms with van der Waals surface area (Å²) in [5, 5.41) is 13.0. The van der Waals surface area contributed by atoms with Gasteiger partial charge in [-0.3, -0.25) is 14.9 Å². The van der Waals surface area contributed by atoms with E-state index in [0.29, 0.717) is 5.69 Å². The lowest BCUT2D eigenvalue weighted by Crippen LogP contribution is -2.14. The Morgan fingerprint density at radius 1 is 1.18 bits per heavy atom. The molecule has 0 aromatic heterocycles. The Morgan fingerprint density at radius 2 is 1.86 bits per heavy atom. The number of carbonyl (C=O) groups excluding carboxylic acids is 1. The summed E-state index contributed by atoms with van der Waals surface area (Å²) < 4.78 is 26.1. The molecule has 0 fully saturated rings. The second kappa shape index (κ2) is 6.99. The summed E-state index contributed by atoms with van der Waals surface area (Å²) in [4.78, 5) is 21.8. The highest BCUT2D eigenvalue weighted by molar-refractivity contribution is 8.00. The molecule has 0 atom stereocenters. The van der Waals surface area contributed by atoms with Crippen molar-refractivity contribution in [2.24, 2.45) is 0 Å². The lowest BCUT2D eigenvalue weighted by Gasteiger charge is -2.05. The van der Waals surface area contributed by atoms with Gasteiger partial charge in [0.1, 0.15) is 11.6 Å². The zero-order chi connectivity index (χ0) is 16.1. The Labute approximate surface area is 128 Å². The molecular formula is C14H10F2N2O3S. The van der Waals surface area contributed by atoms with E-state index in [0.717, 1.165) is 23.9 Å². The van der Waals surface area contributed by atoms with E-state index in [1.54, 1.807) is 0 Å². The predicted octanol–water partition coefficient (Wildman–Crippen LogP) is 3.60. The molecule has 8 heteroatoms. The average Bonchev–Trinajstić information content (AvgIpc) is 2.47. The molecule has 1 amide bonds. The third-order valence-corrected chi connectivity index (χ3v) is 3.66. The van der Waals surface area contributed by atoms with E-state index >= 15 is 0 Å². The van der Waals surface area contributed by atoms with Crippen molar-refractivity contribution in [3.63, 3.8) is 0 Å². The summed E-state index contributed by atoms with van der Waals surface area (Å²) in [5.41, 5.74) is 0.316. The maximum Gasteiger partial charge on any atom is 0.269 e. The number of rotatable bonds is 5. The second-order valence-electron chi connectivity index (χ2n) is 4.22. The van der Waals surface area contributed by atoms with Crippen LogP contribution < -0.4 is 5.32 Å². The lowest BCUT2D eigenvalue weighted by molar-refractivity contribution is -0.384. The van der Waals surface area contributed by atoms with Crippen LogP contribution in [-0.4, -0.2) is 16.6 Å². The number of halogens is 2. The van der Waals surface area contributed by atoms with Gasteiger partial charge in [0.2, 0.25) is 5.91 Å². The number of nitrogens with one attached hydrogen (secondary N) is 1. The second-order valence-corrected chi connectivity index (χ2v) is 5.23. The van der Waals surface area contributed by atoms with E-state index in [9.17, 15) is 23.7 Å². The van der Waals surface area contributed by atoms with Crippen LogP contribution in [0.1, 0.15) is 0 Å². The summed E-state index contributed by atoms with van der Waals surface area (Å²) in [6.07, 6.45) is 0. The monoisotopic (exact) mass is 324 g/mol. The highest BCUT2D eigenvalue weighted by Crippen LogP contribution is 2.22. The van der Waals surface area contributed by atoms with Gasteiger partial charge in [-0.25, -0.2) is 8.78 Å². The first-order valence-electron chi connectivity index (χ1n) is 6.08. The van der Waals surface area contributed by atoms with Crippen LogP contribution >= 0.6 is 11.8 Å². The molecule has 0 aliphatic rings. The topological polar surface area (TPSA) is 72.2 Å². The summed E-state index contributed by atoms with van der Waals surface area (Å²) in [5.74, 6) is -1.88. The van der Waals surface area contributed by atoms with Crippen molar-refractivity contribution in [2.45, 2.75) is 4.90 Å². The summed E-state index contributed by atoms with van der Waals surface area (Å²) in [6, 6.07) is 8.45. The third-order valence-electron chi connectivity index (χ3n) is 2.61. The maximum absolute atomic E-state index is 13.4. The fourth-order valence-electron chi connectivity index (χ4n) is 1.60. The van der Waals surface area contributed by atoms with Crippen molar-refractivity contribution in [2.75, 3.05) is 11.1 Å². The van der Waals surface area contributed by atoms with Crippen molar-refractivity contribution in [1.82, 2.24) is 0 Å². The van der Waals surface area contributed by atoms with Crippen molar-refractivity contribution in [1.29, 1.82) is 0 Å². The van der Waals surface area contributed by atoms with Gasteiger partial charge in [0.15, 0.2) is 0 Å². The molecule has 0 radical (unpaired) electrons. The summed E-state index contributed by atoms with van der Waals surface area (Å²) in [6.45, 7) is 0. The minimum Gasteiger partial charge on any atom is -0.325 e. The minimum absolute atomic E-state index is 0.0699. The van der Waals surface area contributed by atoms with Crippen LogP contribution in [0.15, 0.2) is 47.4 Å². The molecule has 2 aromatic carbocycles. The smallest absolute Gasteiger partial charge is 0.269 e. The Bertz CT molecular complexity index is 708. The zero-order valence-electron chi connectivity index (χ0n) is 11.1. The van der Waals surface area contributed by atoms with Gasteiger partial charge in [-0.05, 0) is 24.3 Å². The highest BCUT2D eigenvalue weighted by atomic mass is 32.2. The molecule has 114 valence electrons. The lowest BCUT2D eigenvalue weighted by atomic mass is 10.3. The maximum atomic E-state index is 13.4. The number of amides is 1. The van der Waals surface area contributed by atoms with Crippen LogP contribution in [0.25, 0.3) is 0 Å². The number of non-ortho nitro benzene ring substituents is 1. The van der Waals surface area contributed by atoms with Gasteiger partial charge in [-0.2, -0.15) is 0 Å². The third kappa shape index (κ3) is 4.26. The molecule has 0 aliphatic carbocycles. The number of benzene rings is 2. The number of nitrogens with zero attached hydrogens (tertiary/aromatic N) is 1. The van der Waals surface area contributed by atoms with Crippen molar-refractivity contribution in [3.05, 3.63) is 64.2 Å². The Kier molecular flexibility index (Phi) is 5.05. The molecule has 1 N–H and O–H groups in total. The van der Waals surface area contributed by atoms with E-state index in [2.05, 4.69) is 5.32 Å². The first-order chi connectivity index (χ1) is 10.5. The number of nitro groups is 1. The SMILES string of the molecule is O=C(CSc1ccc(F)cc1F)Nc1ccc([N+](=O)[O-])cc1. The van der Waals surface area contributed by atoms with Crippen LogP contribution in [-0.2, 0) is 4.79 Å². The number of hydrogen-bond acceptors (Lipinski definition) is 4. The summed E-state index contributed by atoms with van der Waals surface area (Å²) in [7, 11) is 0. The molecule has 2 aromatic rings. The molecule has 0 saturated heterocycles. The molecule has 0 unspecified atom stereocenters. The molecular weight excluding hydrogens is 314 g/mol. The standard InChI is InChI=1S/C14H10F2N2O3S/c15-9-1-6-13(12(16)7-9)22-8-14(19)17-10-2-4-11(5-3-10)18(20)21/h1-7H,8H2,(H,17,19). The fourth-order valence-corrected chi connectivity index (χ4v) is 2.32. The van der Waals surface area contributed by atoms with E-state index in [1.807, 2.05) is 0 Å². The van der Waals surface area contributed by atoms with Crippen molar-refractivity contribution >= 4 is 29.0 Å². The number of thioether (sulfide) groups is 1. The first-order valence-corrected chi connectivity index (χ1v) is 7.06. The van der Waals surface area contributed by atoms with Gasteiger partial charge in [0.25, 0.3) is 5.69 Å². The normalized spacial score (nSPS) is 10.3. The Hall–Kier alpha value is -2.48. The molecule has 5 nitrogen and oxygen atoms in total. The Morgan fingerprint density at radius 3 is 2.45 bits per heavy atom. The first kappa shape index (κ1) is 15.9. The van der Waals surface area contributed by atoms with Gasteiger partial charge >= 0.3 is 0 Å². The van der Waals surface area contributed by atoms with Crippen LogP contribution in [0.5, 0.6) is 0 Å². The van der Waals surface area contributed by atoms with Crippen LogP contribution in [0.4, 0.5) is 20.2 Å². The van der Waals surface area contributed by atoms with Crippen LogP contribution in [0.2, 0.25) is 0 Å². The van der Waals surface area contributed by atoms with Crippen molar-refractivity contribution < 1.29 is 18.5 Å². The van der Waals surface area contributed by atoms with Gasteiger partial charge < -0.3 is 5.32 Å². The van der Waals surface area contributed by atoms with Gasteiger partial charge in [-0.15, -0.1) is 11.8 Å². The van der Waals surface area contributed by atoms with E-state index in [1.165, 1.54) is 30.3 Å². The van der Waals surface area contributed by atoms with Gasteiger partial charge in [-0.1, -0.05) is 0 Å². The van der Waals surface area contributed by atoms with Crippen LogP contribution in [0.3, 0.4) is 0 Å². The van der Waals surface area contributed by atoms with E-state index < -0.39 is 22.5 Å². The molecule has 0 heterocycles. The number of carbonyl (C=O) groups is 1. The number of hydrogen-bond donors (Lipinski definition) is 1. The van der Waals surface area contributed by atoms with Gasteiger partial charge in [0.05, 0.1) is 10.7 Å². The number of nitro benzene ring substituents is 1. The number of anilines is 1. The zero-order valence-corrected chi connectivity index (χ0v) is 11.9. The molecule has 0 saturated carbocycles. The highest BCUT2D eigenvalue weighted by Gasteiger charge is 2.09. The molecule has 0 bridgehead atoms. The fraction of sp³-hybridized carbons (Fsp3) is 0.0714. The summed E-state index contributed by atoms with van der Waals surface area (Å²) >= 11 is 0.929. The molecule has 0 aliphatic heterocycles. The largest absolute Gasteiger partial charge is 0.325 e. The van der Waals surface area contributed by atoms with E-state index in [4.69, 9.17) is 0 Å². The Balaban J connectivity index is 1.91. The minimum atomic E-state index is -0.729. The molecule has 22 heavy (non-hydrogen) atoms. The van der Waals surface area contributed by atoms with Gasteiger partial charge in [0, 0.05) is 28.8 Å². The molecule has 0 spiro atoms. The van der Waals surface area contributed by atoms with E-state index in [-0.39, 0.29) is 16.3 Å². The quantitative estimate of drug-likeness (QED) is 0.518. The molecule has 2 rings (SSSR count). The van der Waals surface area contributed by atoms with Crippen LogP contribution in [0, 0.1) is 21.7 Å².